The van der Waals surface area contributed by atoms with E-state index in [9.17, 15) is 14.4 Å². The number of rotatable bonds is 9. The summed E-state index contributed by atoms with van der Waals surface area (Å²) >= 11 is 0. The van der Waals surface area contributed by atoms with Crippen molar-refractivity contribution < 1.29 is 19.5 Å². The SMILES string of the molecule is CCCCC(NC(=O)CCC(=O)c1ccc(C)c(C)c1)C(=O)O. The Kier molecular flexibility index (Phi) is 7.45. The van der Waals surface area contributed by atoms with Gasteiger partial charge >= 0.3 is 5.97 Å². The van der Waals surface area contributed by atoms with Crippen LogP contribution in [0.1, 0.15) is 60.5 Å². The van der Waals surface area contributed by atoms with Crippen LogP contribution in [-0.4, -0.2) is 28.8 Å². The third-order valence-electron chi connectivity index (χ3n) is 3.89. The van der Waals surface area contributed by atoms with Gasteiger partial charge < -0.3 is 10.4 Å². The highest BCUT2D eigenvalue weighted by Gasteiger charge is 2.19. The smallest absolute Gasteiger partial charge is 0.326 e. The van der Waals surface area contributed by atoms with E-state index in [2.05, 4.69) is 5.32 Å². The van der Waals surface area contributed by atoms with Gasteiger partial charge in [0.1, 0.15) is 6.04 Å². The topological polar surface area (TPSA) is 83.5 Å². The summed E-state index contributed by atoms with van der Waals surface area (Å²) in [6, 6.07) is 4.58. The van der Waals surface area contributed by atoms with Gasteiger partial charge in [-0.25, -0.2) is 4.79 Å². The van der Waals surface area contributed by atoms with Gasteiger partial charge in [-0.2, -0.15) is 0 Å². The van der Waals surface area contributed by atoms with E-state index >= 15 is 0 Å². The number of carbonyl (C=O) groups is 3. The average Bonchev–Trinajstić information content (AvgIpc) is 2.51. The molecule has 0 bridgehead atoms. The van der Waals surface area contributed by atoms with Crippen molar-refractivity contribution in [1.82, 2.24) is 5.32 Å². The number of benzene rings is 1. The molecule has 0 aliphatic carbocycles. The molecule has 0 aliphatic rings. The summed E-state index contributed by atoms with van der Waals surface area (Å²) in [4.78, 5) is 35.0. The summed E-state index contributed by atoms with van der Waals surface area (Å²) in [7, 11) is 0. The van der Waals surface area contributed by atoms with Gasteiger partial charge in [0, 0.05) is 18.4 Å². The number of Topliss-reactive ketones (excluding diaryl/α,β-unsaturated/α-hetero) is 1. The van der Waals surface area contributed by atoms with Crippen molar-refractivity contribution in [2.75, 3.05) is 0 Å². The second-order valence-electron chi connectivity index (χ2n) is 5.82. The number of carbonyl (C=O) groups excluding carboxylic acids is 2. The molecular weight excluding hydrogens is 294 g/mol. The van der Waals surface area contributed by atoms with Gasteiger partial charge in [-0.3, -0.25) is 9.59 Å². The lowest BCUT2D eigenvalue weighted by Gasteiger charge is -2.14. The molecule has 2 N–H and O–H groups in total. The molecule has 0 saturated heterocycles. The maximum absolute atomic E-state index is 12.1. The number of aryl methyl sites for hydroxylation is 2. The lowest BCUT2D eigenvalue weighted by atomic mass is 10.0. The van der Waals surface area contributed by atoms with Crippen molar-refractivity contribution in [1.29, 1.82) is 0 Å². The molecular formula is C18H25NO4. The maximum Gasteiger partial charge on any atom is 0.326 e. The number of amides is 1. The Labute approximate surface area is 137 Å². The van der Waals surface area contributed by atoms with Gasteiger partial charge in [0.15, 0.2) is 5.78 Å². The number of carboxylic acid groups (broad SMARTS) is 1. The van der Waals surface area contributed by atoms with Crippen molar-refractivity contribution in [3.63, 3.8) is 0 Å². The van der Waals surface area contributed by atoms with Gasteiger partial charge in [0.05, 0.1) is 0 Å². The summed E-state index contributed by atoms with van der Waals surface area (Å²) in [6.45, 7) is 5.87. The summed E-state index contributed by atoms with van der Waals surface area (Å²) < 4.78 is 0. The van der Waals surface area contributed by atoms with Crippen LogP contribution >= 0.6 is 0 Å². The number of ketones is 1. The fourth-order valence-corrected chi connectivity index (χ4v) is 2.22. The first-order valence-electron chi connectivity index (χ1n) is 7.97. The average molecular weight is 319 g/mol. The fourth-order valence-electron chi connectivity index (χ4n) is 2.22. The van der Waals surface area contributed by atoms with Gasteiger partial charge in [-0.15, -0.1) is 0 Å². The van der Waals surface area contributed by atoms with Gasteiger partial charge in [0.2, 0.25) is 5.91 Å². The van der Waals surface area contributed by atoms with E-state index in [1.165, 1.54) is 0 Å². The minimum absolute atomic E-state index is 0.00165. The number of unbranched alkanes of at least 4 members (excludes halogenated alkanes) is 1. The van der Waals surface area contributed by atoms with E-state index in [1.54, 1.807) is 6.07 Å². The number of aliphatic carboxylic acids is 1. The van der Waals surface area contributed by atoms with Crippen LogP contribution in [0.15, 0.2) is 18.2 Å². The highest BCUT2D eigenvalue weighted by atomic mass is 16.4. The van der Waals surface area contributed by atoms with Crippen LogP contribution in [0.4, 0.5) is 0 Å². The normalized spacial score (nSPS) is 11.8. The molecule has 1 aromatic carbocycles. The molecule has 0 heterocycles. The van der Waals surface area contributed by atoms with E-state index in [0.29, 0.717) is 12.0 Å². The Balaban J connectivity index is 2.52. The second-order valence-corrected chi connectivity index (χ2v) is 5.82. The minimum Gasteiger partial charge on any atom is -0.480 e. The number of nitrogens with one attached hydrogen (secondary N) is 1. The quantitative estimate of drug-likeness (QED) is 0.685. The molecule has 5 nitrogen and oxygen atoms in total. The van der Waals surface area contributed by atoms with E-state index in [4.69, 9.17) is 5.11 Å². The van der Waals surface area contributed by atoms with Gasteiger partial charge in [-0.05, 0) is 37.5 Å². The molecule has 0 saturated carbocycles. The molecule has 0 aromatic heterocycles. The molecule has 0 fully saturated rings. The molecule has 1 rings (SSSR count). The third-order valence-corrected chi connectivity index (χ3v) is 3.89. The molecule has 0 radical (unpaired) electrons. The van der Waals surface area contributed by atoms with E-state index in [1.807, 2.05) is 32.9 Å². The molecule has 1 unspecified atom stereocenters. The zero-order valence-corrected chi connectivity index (χ0v) is 14.0. The minimum atomic E-state index is -1.03. The predicted octanol–water partition coefficient (Wildman–Crippen LogP) is 3.03. The second kappa shape index (κ2) is 9.08. The van der Waals surface area contributed by atoms with Crippen LogP contribution in [-0.2, 0) is 9.59 Å². The molecule has 23 heavy (non-hydrogen) atoms. The van der Waals surface area contributed by atoms with Crippen molar-refractivity contribution in [2.24, 2.45) is 0 Å². The van der Waals surface area contributed by atoms with E-state index in [-0.39, 0.29) is 18.6 Å². The number of hydrogen-bond donors (Lipinski definition) is 2. The van der Waals surface area contributed by atoms with Crippen molar-refractivity contribution in [3.05, 3.63) is 34.9 Å². The standard InChI is InChI=1S/C18H25NO4/c1-4-5-6-15(18(22)23)19-17(21)10-9-16(20)14-8-7-12(2)13(3)11-14/h7-8,11,15H,4-6,9-10H2,1-3H3,(H,19,21)(H,22,23). The fraction of sp³-hybridized carbons (Fsp3) is 0.500. The first kappa shape index (κ1) is 18.9. The molecule has 1 aromatic rings. The maximum atomic E-state index is 12.1. The summed E-state index contributed by atoms with van der Waals surface area (Å²) in [5, 5.41) is 11.6. The molecule has 1 amide bonds. The molecule has 5 heteroatoms. The monoisotopic (exact) mass is 319 g/mol. The van der Waals surface area contributed by atoms with E-state index in [0.717, 1.165) is 24.0 Å². The number of hydrogen-bond acceptors (Lipinski definition) is 3. The lowest BCUT2D eigenvalue weighted by molar-refractivity contribution is -0.142. The van der Waals surface area contributed by atoms with Crippen LogP contribution in [0.2, 0.25) is 0 Å². The highest BCUT2D eigenvalue weighted by molar-refractivity contribution is 5.98. The van der Waals surface area contributed by atoms with Crippen molar-refractivity contribution >= 4 is 17.7 Å². The predicted molar refractivity (Wildman–Crippen MR) is 88.6 cm³/mol. The largest absolute Gasteiger partial charge is 0.480 e. The van der Waals surface area contributed by atoms with Gasteiger partial charge in [0.25, 0.3) is 0 Å². The van der Waals surface area contributed by atoms with Crippen LogP contribution in [0.25, 0.3) is 0 Å². The van der Waals surface area contributed by atoms with Crippen LogP contribution in [0.5, 0.6) is 0 Å². The summed E-state index contributed by atoms with van der Waals surface area (Å²) in [5.41, 5.74) is 2.73. The number of carboxylic acids is 1. The Morgan fingerprint density at radius 1 is 1.13 bits per heavy atom. The van der Waals surface area contributed by atoms with Crippen LogP contribution in [0, 0.1) is 13.8 Å². The molecule has 0 spiro atoms. The lowest BCUT2D eigenvalue weighted by Crippen LogP contribution is -2.40. The Hall–Kier alpha value is -2.17. The molecule has 126 valence electrons. The van der Waals surface area contributed by atoms with Crippen LogP contribution in [0.3, 0.4) is 0 Å². The first-order valence-corrected chi connectivity index (χ1v) is 7.97. The van der Waals surface area contributed by atoms with Crippen LogP contribution < -0.4 is 5.32 Å². The Morgan fingerprint density at radius 2 is 1.83 bits per heavy atom. The highest BCUT2D eigenvalue weighted by Crippen LogP contribution is 2.12. The Bertz CT molecular complexity index is 580. The zero-order chi connectivity index (χ0) is 17.4. The third kappa shape index (κ3) is 6.22. The summed E-state index contributed by atoms with van der Waals surface area (Å²) in [5.74, 6) is -1.54. The summed E-state index contributed by atoms with van der Waals surface area (Å²) in [6.07, 6.45) is 2.09. The zero-order valence-electron chi connectivity index (χ0n) is 14.0. The van der Waals surface area contributed by atoms with Crippen molar-refractivity contribution in [2.45, 2.75) is 58.9 Å². The first-order chi connectivity index (χ1) is 10.8. The van der Waals surface area contributed by atoms with E-state index < -0.39 is 17.9 Å². The molecule has 0 aliphatic heterocycles. The Morgan fingerprint density at radius 3 is 2.39 bits per heavy atom. The molecule has 1 atom stereocenters. The van der Waals surface area contributed by atoms with Gasteiger partial charge in [-0.1, -0.05) is 31.9 Å². The van der Waals surface area contributed by atoms with Crippen molar-refractivity contribution in [3.8, 4) is 0 Å².